The SMILES string of the molecule is CC(C)Cn1ccc2cc(N(C)CC(=O)O)ccc2c1=O. The summed E-state index contributed by atoms with van der Waals surface area (Å²) in [6, 6.07) is 7.30. The van der Waals surface area contributed by atoms with Crippen LogP contribution in [0.25, 0.3) is 10.8 Å². The fourth-order valence-electron chi connectivity index (χ4n) is 2.34. The van der Waals surface area contributed by atoms with Crippen LogP contribution in [0.1, 0.15) is 13.8 Å². The highest BCUT2D eigenvalue weighted by Gasteiger charge is 2.09. The summed E-state index contributed by atoms with van der Waals surface area (Å²) in [7, 11) is 1.72. The van der Waals surface area contributed by atoms with Gasteiger partial charge in [0, 0.05) is 30.9 Å². The summed E-state index contributed by atoms with van der Waals surface area (Å²) < 4.78 is 1.72. The van der Waals surface area contributed by atoms with Gasteiger partial charge in [-0.1, -0.05) is 13.8 Å². The Morgan fingerprint density at radius 3 is 2.67 bits per heavy atom. The number of aromatic nitrogens is 1. The minimum atomic E-state index is -0.884. The molecular formula is C16H20N2O3. The number of rotatable bonds is 5. The lowest BCUT2D eigenvalue weighted by Gasteiger charge is -2.17. The minimum Gasteiger partial charge on any atom is -0.480 e. The first kappa shape index (κ1) is 15.1. The second-order valence-electron chi connectivity index (χ2n) is 5.69. The van der Waals surface area contributed by atoms with Gasteiger partial charge in [-0.15, -0.1) is 0 Å². The number of aliphatic carboxylic acids is 1. The van der Waals surface area contributed by atoms with Crippen molar-refractivity contribution in [3.05, 3.63) is 40.8 Å². The number of nitrogens with zero attached hydrogens (tertiary/aromatic N) is 2. The summed E-state index contributed by atoms with van der Waals surface area (Å²) >= 11 is 0. The van der Waals surface area contributed by atoms with Crippen molar-refractivity contribution < 1.29 is 9.90 Å². The van der Waals surface area contributed by atoms with E-state index in [1.165, 1.54) is 0 Å². The summed E-state index contributed by atoms with van der Waals surface area (Å²) in [6.45, 7) is 4.76. The minimum absolute atomic E-state index is 0.00589. The molecule has 0 atom stereocenters. The first-order valence-electron chi connectivity index (χ1n) is 6.94. The molecule has 0 fully saturated rings. The van der Waals surface area contributed by atoms with Gasteiger partial charge >= 0.3 is 5.97 Å². The summed E-state index contributed by atoms with van der Waals surface area (Å²) in [4.78, 5) is 24.8. The van der Waals surface area contributed by atoms with Crippen LogP contribution in [-0.4, -0.2) is 29.2 Å². The maximum absolute atomic E-state index is 12.4. The van der Waals surface area contributed by atoms with E-state index in [1.54, 1.807) is 34.8 Å². The largest absolute Gasteiger partial charge is 0.480 e. The number of pyridine rings is 1. The smallest absolute Gasteiger partial charge is 0.323 e. The normalized spacial score (nSPS) is 11.0. The zero-order valence-electron chi connectivity index (χ0n) is 12.5. The van der Waals surface area contributed by atoms with Gasteiger partial charge in [0.05, 0.1) is 0 Å². The molecule has 5 heteroatoms. The van der Waals surface area contributed by atoms with Crippen molar-refractivity contribution in [1.82, 2.24) is 4.57 Å². The molecule has 0 saturated heterocycles. The maximum atomic E-state index is 12.4. The van der Waals surface area contributed by atoms with E-state index < -0.39 is 5.97 Å². The van der Waals surface area contributed by atoms with Gasteiger partial charge in [-0.2, -0.15) is 0 Å². The van der Waals surface area contributed by atoms with Crippen LogP contribution in [0.5, 0.6) is 0 Å². The first-order chi connectivity index (χ1) is 9.88. The first-order valence-corrected chi connectivity index (χ1v) is 6.94. The monoisotopic (exact) mass is 288 g/mol. The Hall–Kier alpha value is -2.30. The van der Waals surface area contributed by atoms with E-state index in [1.807, 2.05) is 12.1 Å². The number of likely N-dealkylation sites (N-methyl/N-ethyl adjacent to an activating group) is 1. The Morgan fingerprint density at radius 2 is 2.05 bits per heavy atom. The quantitative estimate of drug-likeness (QED) is 0.916. The molecule has 0 radical (unpaired) electrons. The van der Waals surface area contributed by atoms with Crippen molar-refractivity contribution in [1.29, 1.82) is 0 Å². The van der Waals surface area contributed by atoms with Crippen molar-refractivity contribution >= 4 is 22.4 Å². The lowest BCUT2D eigenvalue weighted by Crippen LogP contribution is -2.25. The Labute approximate surface area is 123 Å². The van der Waals surface area contributed by atoms with Crippen molar-refractivity contribution in [3.8, 4) is 0 Å². The van der Waals surface area contributed by atoms with Gasteiger partial charge < -0.3 is 14.6 Å². The van der Waals surface area contributed by atoms with Crippen LogP contribution in [0.4, 0.5) is 5.69 Å². The molecule has 1 N–H and O–H groups in total. The van der Waals surface area contributed by atoms with Gasteiger partial charge in [0.15, 0.2) is 0 Å². The second kappa shape index (κ2) is 5.99. The summed E-state index contributed by atoms with van der Waals surface area (Å²) in [5, 5.41) is 10.3. The van der Waals surface area contributed by atoms with E-state index >= 15 is 0 Å². The van der Waals surface area contributed by atoms with E-state index in [2.05, 4.69) is 13.8 Å². The molecule has 0 aliphatic carbocycles. The van der Waals surface area contributed by atoms with Gasteiger partial charge in [-0.3, -0.25) is 9.59 Å². The highest BCUT2D eigenvalue weighted by molar-refractivity contribution is 5.85. The van der Waals surface area contributed by atoms with Gasteiger partial charge in [0.1, 0.15) is 6.54 Å². The number of hydrogen-bond acceptors (Lipinski definition) is 3. The third kappa shape index (κ3) is 3.42. The van der Waals surface area contributed by atoms with Crippen molar-refractivity contribution in [2.24, 2.45) is 5.92 Å². The molecule has 0 aliphatic heterocycles. The fraction of sp³-hybridized carbons (Fsp3) is 0.375. The van der Waals surface area contributed by atoms with Crippen LogP contribution >= 0.6 is 0 Å². The molecule has 0 aliphatic rings. The average molecular weight is 288 g/mol. The molecule has 2 rings (SSSR count). The van der Waals surface area contributed by atoms with E-state index in [4.69, 9.17) is 5.11 Å². The maximum Gasteiger partial charge on any atom is 0.323 e. The molecule has 1 aromatic carbocycles. The molecule has 0 saturated carbocycles. The van der Waals surface area contributed by atoms with Gasteiger partial charge in [-0.25, -0.2) is 0 Å². The van der Waals surface area contributed by atoms with Crippen LogP contribution in [0.2, 0.25) is 0 Å². The Bertz CT molecular complexity index is 719. The number of fused-ring (bicyclic) bond motifs is 1. The van der Waals surface area contributed by atoms with Crippen molar-refractivity contribution in [2.45, 2.75) is 20.4 Å². The number of anilines is 1. The van der Waals surface area contributed by atoms with Crippen LogP contribution in [0.15, 0.2) is 35.3 Å². The van der Waals surface area contributed by atoms with Crippen LogP contribution < -0.4 is 10.5 Å². The van der Waals surface area contributed by atoms with Crippen LogP contribution in [0, 0.1) is 5.92 Å². The molecule has 112 valence electrons. The van der Waals surface area contributed by atoms with E-state index in [-0.39, 0.29) is 12.1 Å². The Morgan fingerprint density at radius 1 is 1.33 bits per heavy atom. The number of hydrogen-bond donors (Lipinski definition) is 1. The Balaban J connectivity index is 2.42. The van der Waals surface area contributed by atoms with Gasteiger partial charge in [0.2, 0.25) is 0 Å². The lowest BCUT2D eigenvalue weighted by molar-refractivity contribution is -0.135. The van der Waals surface area contributed by atoms with E-state index in [0.717, 1.165) is 11.1 Å². The number of carboxylic acid groups (broad SMARTS) is 1. The molecule has 1 aromatic heterocycles. The zero-order valence-corrected chi connectivity index (χ0v) is 12.5. The van der Waals surface area contributed by atoms with Crippen LogP contribution in [-0.2, 0) is 11.3 Å². The molecule has 1 heterocycles. The van der Waals surface area contributed by atoms with Crippen LogP contribution in [0.3, 0.4) is 0 Å². The summed E-state index contributed by atoms with van der Waals surface area (Å²) in [5.41, 5.74) is 0.777. The average Bonchev–Trinajstić information content (AvgIpc) is 2.40. The van der Waals surface area contributed by atoms with E-state index in [9.17, 15) is 9.59 Å². The fourth-order valence-corrected chi connectivity index (χ4v) is 2.34. The van der Waals surface area contributed by atoms with Crippen molar-refractivity contribution in [3.63, 3.8) is 0 Å². The standard InChI is InChI=1S/C16H20N2O3/c1-11(2)9-18-7-6-12-8-13(17(3)10-15(19)20)4-5-14(12)16(18)21/h4-8,11H,9-10H2,1-3H3,(H,19,20). The predicted molar refractivity (Wildman–Crippen MR) is 84.0 cm³/mol. The topological polar surface area (TPSA) is 62.5 Å². The molecule has 0 amide bonds. The Kier molecular flexibility index (Phi) is 4.31. The predicted octanol–water partition coefficient (Wildman–Crippen LogP) is 2.18. The molecule has 0 spiro atoms. The lowest BCUT2D eigenvalue weighted by atomic mass is 10.1. The van der Waals surface area contributed by atoms with Gasteiger partial charge in [0.25, 0.3) is 5.56 Å². The zero-order chi connectivity index (χ0) is 15.6. The van der Waals surface area contributed by atoms with Gasteiger partial charge in [-0.05, 0) is 35.6 Å². The third-order valence-electron chi connectivity index (χ3n) is 3.34. The molecule has 0 bridgehead atoms. The summed E-state index contributed by atoms with van der Waals surface area (Å²) in [5.74, 6) is -0.480. The van der Waals surface area contributed by atoms with E-state index in [0.29, 0.717) is 17.8 Å². The highest BCUT2D eigenvalue weighted by atomic mass is 16.4. The number of carbonyl (C=O) groups is 1. The third-order valence-corrected chi connectivity index (χ3v) is 3.34. The highest BCUT2D eigenvalue weighted by Crippen LogP contribution is 2.19. The molecule has 21 heavy (non-hydrogen) atoms. The molecule has 5 nitrogen and oxygen atoms in total. The molecule has 2 aromatic rings. The summed E-state index contributed by atoms with van der Waals surface area (Å²) in [6.07, 6.45) is 1.80. The molecular weight excluding hydrogens is 268 g/mol. The molecule has 0 unspecified atom stereocenters. The second-order valence-corrected chi connectivity index (χ2v) is 5.69. The number of carboxylic acids is 1. The number of benzene rings is 1. The van der Waals surface area contributed by atoms with Crippen molar-refractivity contribution in [2.75, 3.05) is 18.5 Å².